The summed E-state index contributed by atoms with van der Waals surface area (Å²) >= 11 is 0. The van der Waals surface area contributed by atoms with Crippen molar-refractivity contribution >= 4 is 16.7 Å². The highest BCUT2D eigenvalue weighted by Crippen LogP contribution is 2.23. The van der Waals surface area contributed by atoms with E-state index in [0.29, 0.717) is 0 Å². The molecular weight excluding hydrogens is 346 g/mol. The van der Waals surface area contributed by atoms with Gasteiger partial charge in [0.05, 0.1) is 11.0 Å². The molecule has 5 aromatic rings. The number of rotatable bonds is 5. The number of aromatic nitrogens is 4. The second kappa shape index (κ2) is 7.04. The van der Waals surface area contributed by atoms with Crippen LogP contribution in [0.2, 0.25) is 0 Å². The fraction of sp³-hybridized carbons (Fsp3) is 0.0435. The minimum atomic E-state index is 0.732. The Bertz CT molecular complexity index is 1190. The topological polar surface area (TPSA) is 69.4 Å². The van der Waals surface area contributed by atoms with Gasteiger partial charge < -0.3 is 15.3 Å². The lowest BCUT2D eigenvalue weighted by Gasteiger charge is -2.09. The number of anilines is 1. The predicted octanol–water partition coefficient (Wildman–Crippen LogP) is 5.23. The Morgan fingerprint density at radius 1 is 0.821 bits per heavy atom. The normalized spacial score (nSPS) is 11.0. The van der Waals surface area contributed by atoms with E-state index in [0.717, 1.165) is 46.0 Å². The summed E-state index contributed by atoms with van der Waals surface area (Å²) in [7, 11) is 0. The molecule has 0 fully saturated rings. The van der Waals surface area contributed by atoms with E-state index < -0.39 is 0 Å². The van der Waals surface area contributed by atoms with Crippen LogP contribution in [0.4, 0.5) is 5.69 Å². The van der Waals surface area contributed by atoms with Crippen LogP contribution < -0.4 is 5.32 Å². The van der Waals surface area contributed by atoms with Gasteiger partial charge >= 0.3 is 0 Å². The number of para-hydroxylation sites is 2. The molecule has 0 unspecified atom stereocenters. The van der Waals surface area contributed by atoms with Crippen molar-refractivity contribution in [1.82, 2.24) is 19.9 Å². The monoisotopic (exact) mass is 365 g/mol. The maximum absolute atomic E-state index is 4.70. The molecule has 3 N–H and O–H groups in total. The number of hydrogen-bond acceptors (Lipinski definition) is 3. The van der Waals surface area contributed by atoms with Gasteiger partial charge in [0.1, 0.15) is 11.6 Å². The van der Waals surface area contributed by atoms with Crippen LogP contribution in [-0.4, -0.2) is 19.9 Å². The van der Waals surface area contributed by atoms with Gasteiger partial charge in [0, 0.05) is 35.8 Å². The number of fused-ring (bicyclic) bond motifs is 1. The highest BCUT2D eigenvalue weighted by atomic mass is 14.9. The van der Waals surface area contributed by atoms with E-state index >= 15 is 0 Å². The van der Waals surface area contributed by atoms with Gasteiger partial charge in [0.2, 0.25) is 0 Å². The largest absolute Gasteiger partial charge is 0.381 e. The van der Waals surface area contributed by atoms with Gasteiger partial charge in [0.15, 0.2) is 0 Å². The zero-order chi connectivity index (χ0) is 18.8. The number of benzene rings is 3. The van der Waals surface area contributed by atoms with Gasteiger partial charge in [-0.1, -0.05) is 42.5 Å². The van der Waals surface area contributed by atoms with Crippen LogP contribution in [0.15, 0.2) is 85.2 Å². The fourth-order valence-electron chi connectivity index (χ4n) is 3.32. The zero-order valence-corrected chi connectivity index (χ0v) is 15.2. The molecule has 2 aromatic heterocycles. The molecule has 5 heteroatoms. The predicted molar refractivity (Wildman–Crippen MR) is 113 cm³/mol. The molecule has 0 saturated heterocycles. The highest BCUT2D eigenvalue weighted by molar-refractivity contribution is 5.79. The molecule has 0 amide bonds. The van der Waals surface area contributed by atoms with Crippen molar-refractivity contribution in [3.8, 4) is 22.8 Å². The van der Waals surface area contributed by atoms with E-state index in [1.54, 1.807) is 6.20 Å². The van der Waals surface area contributed by atoms with Gasteiger partial charge in [-0.05, 0) is 35.9 Å². The van der Waals surface area contributed by atoms with Crippen LogP contribution in [0.5, 0.6) is 0 Å². The maximum atomic E-state index is 4.70. The lowest BCUT2D eigenvalue weighted by molar-refractivity contribution is 1.15. The van der Waals surface area contributed by atoms with E-state index in [9.17, 15) is 0 Å². The van der Waals surface area contributed by atoms with Crippen LogP contribution in [-0.2, 0) is 6.54 Å². The van der Waals surface area contributed by atoms with Gasteiger partial charge in [0.25, 0.3) is 0 Å². The van der Waals surface area contributed by atoms with Crippen molar-refractivity contribution in [3.63, 3.8) is 0 Å². The van der Waals surface area contributed by atoms with E-state index in [1.807, 2.05) is 42.6 Å². The molecule has 28 heavy (non-hydrogen) atoms. The van der Waals surface area contributed by atoms with Crippen LogP contribution in [0.25, 0.3) is 33.8 Å². The standard InChI is InChI=1S/C23H19N5/c1-2-10-21-20(9-1)27-23(28-21)17-6-3-5-16(13-17)15-26-19-8-4-7-18(14-19)22-24-11-12-25-22/h1-14,26H,15H2,(H,24,25)(H,27,28). The third-order valence-electron chi connectivity index (χ3n) is 4.72. The molecule has 0 atom stereocenters. The Hall–Kier alpha value is -3.86. The zero-order valence-electron chi connectivity index (χ0n) is 15.2. The summed E-state index contributed by atoms with van der Waals surface area (Å²) in [5.74, 6) is 1.76. The van der Waals surface area contributed by atoms with Gasteiger partial charge in [-0.15, -0.1) is 0 Å². The number of hydrogen-bond donors (Lipinski definition) is 3. The number of aromatic amines is 2. The van der Waals surface area contributed by atoms with Crippen molar-refractivity contribution in [2.24, 2.45) is 0 Å². The molecule has 0 saturated carbocycles. The molecule has 0 aliphatic carbocycles. The van der Waals surface area contributed by atoms with Crippen LogP contribution >= 0.6 is 0 Å². The number of nitrogens with zero attached hydrogens (tertiary/aromatic N) is 2. The second-order valence-corrected chi connectivity index (χ2v) is 6.68. The Kier molecular flexibility index (Phi) is 4.10. The van der Waals surface area contributed by atoms with Crippen molar-refractivity contribution in [2.45, 2.75) is 6.54 Å². The summed E-state index contributed by atoms with van der Waals surface area (Å²) in [5, 5.41) is 3.50. The molecule has 0 aliphatic rings. The number of H-pyrrole nitrogens is 2. The first-order valence-corrected chi connectivity index (χ1v) is 9.23. The molecular formula is C23H19N5. The smallest absolute Gasteiger partial charge is 0.138 e. The second-order valence-electron chi connectivity index (χ2n) is 6.68. The molecule has 2 heterocycles. The molecule has 0 aliphatic heterocycles. The van der Waals surface area contributed by atoms with Crippen LogP contribution in [0.3, 0.4) is 0 Å². The Morgan fingerprint density at radius 3 is 2.54 bits per heavy atom. The van der Waals surface area contributed by atoms with E-state index in [-0.39, 0.29) is 0 Å². The number of imidazole rings is 2. The third kappa shape index (κ3) is 3.25. The Balaban J connectivity index is 1.35. The third-order valence-corrected chi connectivity index (χ3v) is 4.72. The van der Waals surface area contributed by atoms with Crippen LogP contribution in [0, 0.1) is 0 Å². The average Bonchev–Trinajstić information content (AvgIpc) is 3.43. The summed E-state index contributed by atoms with van der Waals surface area (Å²) in [6.07, 6.45) is 3.60. The summed E-state index contributed by atoms with van der Waals surface area (Å²) < 4.78 is 0. The van der Waals surface area contributed by atoms with E-state index in [1.165, 1.54) is 5.56 Å². The van der Waals surface area contributed by atoms with Gasteiger partial charge in [-0.3, -0.25) is 0 Å². The lowest BCUT2D eigenvalue weighted by Crippen LogP contribution is -1.99. The van der Waals surface area contributed by atoms with Crippen LogP contribution in [0.1, 0.15) is 5.56 Å². The van der Waals surface area contributed by atoms with Crippen molar-refractivity contribution in [3.05, 3.63) is 90.8 Å². The molecule has 3 aromatic carbocycles. The fourth-order valence-corrected chi connectivity index (χ4v) is 3.32. The quantitative estimate of drug-likeness (QED) is 0.399. The lowest BCUT2D eigenvalue weighted by atomic mass is 10.1. The first-order chi connectivity index (χ1) is 13.8. The molecule has 5 nitrogen and oxygen atoms in total. The first kappa shape index (κ1) is 16.3. The number of nitrogens with one attached hydrogen (secondary N) is 3. The van der Waals surface area contributed by atoms with E-state index in [4.69, 9.17) is 4.98 Å². The minimum absolute atomic E-state index is 0.732. The molecule has 0 radical (unpaired) electrons. The van der Waals surface area contributed by atoms with E-state index in [2.05, 4.69) is 56.7 Å². The molecule has 136 valence electrons. The minimum Gasteiger partial charge on any atom is -0.381 e. The van der Waals surface area contributed by atoms with Gasteiger partial charge in [-0.2, -0.15) is 0 Å². The molecule has 0 spiro atoms. The average molecular weight is 365 g/mol. The Labute approximate surface area is 162 Å². The first-order valence-electron chi connectivity index (χ1n) is 9.23. The SMILES string of the molecule is c1cc(NCc2cccc(-c3nc4ccccc4[nH]3)c2)cc(-c2ncc[nH]2)c1. The van der Waals surface area contributed by atoms with Crippen molar-refractivity contribution in [2.75, 3.05) is 5.32 Å². The van der Waals surface area contributed by atoms with Crippen molar-refractivity contribution in [1.29, 1.82) is 0 Å². The highest BCUT2D eigenvalue weighted by Gasteiger charge is 2.06. The maximum Gasteiger partial charge on any atom is 0.138 e. The molecule has 0 bridgehead atoms. The molecule has 5 rings (SSSR count). The summed E-state index contributed by atoms with van der Waals surface area (Å²) in [4.78, 5) is 15.5. The summed E-state index contributed by atoms with van der Waals surface area (Å²) in [6, 6.07) is 24.8. The summed E-state index contributed by atoms with van der Waals surface area (Å²) in [5.41, 5.74) is 6.43. The summed E-state index contributed by atoms with van der Waals surface area (Å²) in [6.45, 7) is 0.732. The van der Waals surface area contributed by atoms with Crippen molar-refractivity contribution < 1.29 is 0 Å². The van der Waals surface area contributed by atoms with Gasteiger partial charge in [-0.25, -0.2) is 9.97 Å². The Morgan fingerprint density at radius 2 is 1.68 bits per heavy atom.